The summed E-state index contributed by atoms with van der Waals surface area (Å²) in [4.78, 5) is 26.4. The average Bonchev–Trinajstić information content (AvgIpc) is 2.84. The number of carbonyl (C=O) groups excluding carboxylic acids is 2. The molecule has 31 heavy (non-hydrogen) atoms. The number of carbonyl (C=O) groups is 2. The van der Waals surface area contributed by atoms with Crippen LogP contribution in [-0.4, -0.2) is 25.0 Å². The van der Waals surface area contributed by atoms with Gasteiger partial charge in [-0.1, -0.05) is 72.8 Å². The number of nitrogens with one attached hydrogen (secondary N) is 2. The normalized spacial score (nSPS) is 15.1. The van der Waals surface area contributed by atoms with Crippen molar-refractivity contribution < 1.29 is 14.3 Å². The highest BCUT2D eigenvalue weighted by atomic mass is 16.5. The first kappa shape index (κ1) is 20.8. The Balaban J connectivity index is 1.54. The van der Waals surface area contributed by atoms with Crippen LogP contribution in [-0.2, 0) is 21.5 Å². The minimum absolute atomic E-state index is 0.106. The van der Waals surface area contributed by atoms with Gasteiger partial charge in [0.25, 0.3) is 5.91 Å². The van der Waals surface area contributed by atoms with Gasteiger partial charge in [-0.25, -0.2) is 0 Å². The van der Waals surface area contributed by atoms with E-state index in [1.54, 1.807) is 18.2 Å². The van der Waals surface area contributed by atoms with Crippen molar-refractivity contribution in [1.82, 2.24) is 5.32 Å². The SMILES string of the molecule is O=C(NCc1ccccc1)c1ccccc1NC(=O)C1(c2ccccc2)CCOCC1. The third-order valence-electron chi connectivity index (χ3n) is 5.82. The van der Waals surface area contributed by atoms with E-state index >= 15 is 0 Å². The van der Waals surface area contributed by atoms with Gasteiger partial charge in [0.05, 0.1) is 16.7 Å². The molecule has 0 aliphatic carbocycles. The van der Waals surface area contributed by atoms with Gasteiger partial charge in [-0.05, 0) is 36.1 Å². The molecule has 5 nitrogen and oxygen atoms in total. The van der Waals surface area contributed by atoms with Gasteiger partial charge < -0.3 is 15.4 Å². The molecule has 1 aliphatic heterocycles. The molecule has 1 aliphatic rings. The van der Waals surface area contributed by atoms with Gasteiger partial charge in [0.1, 0.15) is 0 Å². The summed E-state index contributed by atoms with van der Waals surface area (Å²) in [7, 11) is 0. The summed E-state index contributed by atoms with van der Waals surface area (Å²) >= 11 is 0. The Kier molecular flexibility index (Phi) is 6.43. The highest BCUT2D eigenvalue weighted by molar-refractivity contribution is 6.06. The third kappa shape index (κ3) is 4.67. The molecule has 0 bridgehead atoms. The summed E-state index contributed by atoms with van der Waals surface area (Å²) in [6.07, 6.45) is 1.20. The second-order valence-electron chi connectivity index (χ2n) is 7.73. The summed E-state index contributed by atoms with van der Waals surface area (Å²) in [5.41, 5.74) is 2.28. The lowest BCUT2D eigenvalue weighted by molar-refractivity contribution is -0.125. The summed E-state index contributed by atoms with van der Waals surface area (Å²) < 4.78 is 5.54. The fourth-order valence-corrected chi connectivity index (χ4v) is 4.03. The summed E-state index contributed by atoms with van der Waals surface area (Å²) in [6, 6.07) is 26.7. The van der Waals surface area contributed by atoms with Gasteiger partial charge in [-0.15, -0.1) is 0 Å². The van der Waals surface area contributed by atoms with Crippen molar-refractivity contribution >= 4 is 17.5 Å². The molecule has 3 aromatic rings. The van der Waals surface area contributed by atoms with Gasteiger partial charge in [-0.3, -0.25) is 9.59 Å². The van der Waals surface area contributed by atoms with E-state index in [2.05, 4.69) is 10.6 Å². The van der Waals surface area contributed by atoms with Crippen molar-refractivity contribution in [2.45, 2.75) is 24.8 Å². The largest absolute Gasteiger partial charge is 0.381 e. The second kappa shape index (κ2) is 9.58. The Morgan fingerprint density at radius 1 is 0.806 bits per heavy atom. The molecule has 0 aromatic heterocycles. The van der Waals surface area contributed by atoms with Gasteiger partial charge in [0.2, 0.25) is 5.91 Å². The lowest BCUT2D eigenvalue weighted by atomic mass is 9.73. The predicted molar refractivity (Wildman–Crippen MR) is 121 cm³/mol. The zero-order valence-electron chi connectivity index (χ0n) is 17.3. The van der Waals surface area contributed by atoms with E-state index in [0.717, 1.165) is 11.1 Å². The number of amides is 2. The first-order valence-corrected chi connectivity index (χ1v) is 10.5. The molecular formula is C26H26N2O3. The molecule has 0 spiro atoms. The molecule has 5 heteroatoms. The van der Waals surface area contributed by atoms with Crippen molar-refractivity contribution in [3.63, 3.8) is 0 Å². The summed E-state index contributed by atoms with van der Waals surface area (Å²) in [5.74, 6) is -0.328. The molecule has 0 unspecified atom stereocenters. The van der Waals surface area contributed by atoms with Crippen LogP contribution in [0.15, 0.2) is 84.9 Å². The van der Waals surface area contributed by atoms with Crippen LogP contribution in [0.1, 0.15) is 34.3 Å². The van der Waals surface area contributed by atoms with E-state index in [1.807, 2.05) is 66.7 Å². The van der Waals surface area contributed by atoms with Crippen LogP contribution in [0.25, 0.3) is 0 Å². The van der Waals surface area contributed by atoms with Crippen LogP contribution in [0.2, 0.25) is 0 Å². The molecule has 3 aromatic carbocycles. The minimum atomic E-state index is -0.673. The lowest BCUT2D eigenvalue weighted by Gasteiger charge is -2.36. The fraction of sp³-hybridized carbons (Fsp3) is 0.231. The molecular weight excluding hydrogens is 388 g/mol. The van der Waals surface area contributed by atoms with E-state index in [9.17, 15) is 9.59 Å². The van der Waals surface area contributed by atoms with Crippen LogP contribution in [0.3, 0.4) is 0 Å². The summed E-state index contributed by atoms with van der Waals surface area (Å²) in [6.45, 7) is 1.48. The predicted octanol–water partition coefficient (Wildman–Crippen LogP) is 4.30. The highest BCUT2D eigenvalue weighted by Crippen LogP contribution is 2.36. The number of para-hydroxylation sites is 1. The summed E-state index contributed by atoms with van der Waals surface area (Å²) in [5, 5.41) is 5.98. The van der Waals surface area contributed by atoms with E-state index in [4.69, 9.17) is 4.74 Å². The number of benzene rings is 3. The van der Waals surface area contributed by atoms with Gasteiger partial charge in [0, 0.05) is 19.8 Å². The van der Waals surface area contributed by atoms with Crippen LogP contribution >= 0.6 is 0 Å². The molecule has 4 rings (SSSR count). The van der Waals surface area contributed by atoms with E-state index in [0.29, 0.717) is 43.9 Å². The molecule has 2 N–H and O–H groups in total. The highest BCUT2D eigenvalue weighted by Gasteiger charge is 2.41. The van der Waals surface area contributed by atoms with Crippen molar-refractivity contribution in [1.29, 1.82) is 0 Å². The van der Waals surface area contributed by atoms with E-state index in [-0.39, 0.29) is 11.8 Å². The molecule has 1 heterocycles. The topological polar surface area (TPSA) is 67.4 Å². The van der Waals surface area contributed by atoms with Crippen LogP contribution in [0.5, 0.6) is 0 Å². The zero-order chi connectivity index (χ0) is 21.5. The van der Waals surface area contributed by atoms with Gasteiger partial charge >= 0.3 is 0 Å². The Morgan fingerprint density at radius 3 is 2.13 bits per heavy atom. The first-order chi connectivity index (χ1) is 15.2. The molecule has 0 saturated carbocycles. The minimum Gasteiger partial charge on any atom is -0.381 e. The molecule has 0 radical (unpaired) electrons. The first-order valence-electron chi connectivity index (χ1n) is 10.5. The number of hydrogen-bond acceptors (Lipinski definition) is 3. The van der Waals surface area contributed by atoms with E-state index < -0.39 is 5.41 Å². The molecule has 0 atom stereocenters. The van der Waals surface area contributed by atoms with E-state index in [1.165, 1.54) is 0 Å². The Hall–Kier alpha value is -3.44. The number of hydrogen-bond donors (Lipinski definition) is 2. The monoisotopic (exact) mass is 414 g/mol. The zero-order valence-corrected chi connectivity index (χ0v) is 17.3. The number of rotatable bonds is 6. The lowest BCUT2D eigenvalue weighted by Crippen LogP contribution is -2.45. The Labute approximate surface area is 182 Å². The second-order valence-corrected chi connectivity index (χ2v) is 7.73. The quantitative estimate of drug-likeness (QED) is 0.632. The Morgan fingerprint density at radius 2 is 1.42 bits per heavy atom. The van der Waals surface area contributed by atoms with Crippen molar-refractivity contribution in [2.24, 2.45) is 0 Å². The van der Waals surface area contributed by atoms with Crippen LogP contribution in [0.4, 0.5) is 5.69 Å². The maximum Gasteiger partial charge on any atom is 0.253 e. The smallest absolute Gasteiger partial charge is 0.253 e. The Bertz CT molecular complexity index is 1030. The van der Waals surface area contributed by atoms with Crippen LogP contribution < -0.4 is 10.6 Å². The van der Waals surface area contributed by atoms with Crippen molar-refractivity contribution in [3.8, 4) is 0 Å². The molecule has 1 fully saturated rings. The number of anilines is 1. The van der Waals surface area contributed by atoms with Crippen molar-refractivity contribution in [3.05, 3.63) is 102 Å². The van der Waals surface area contributed by atoms with Gasteiger partial charge in [-0.2, -0.15) is 0 Å². The molecule has 158 valence electrons. The molecule has 1 saturated heterocycles. The van der Waals surface area contributed by atoms with Crippen LogP contribution in [0, 0.1) is 0 Å². The fourth-order valence-electron chi connectivity index (χ4n) is 4.03. The van der Waals surface area contributed by atoms with Crippen molar-refractivity contribution in [2.75, 3.05) is 18.5 Å². The third-order valence-corrected chi connectivity index (χ3v) is 5.82. The average molecular weight is 415 g/mol. The van der Waals surface area contributed by atoms with Gasteiger partial charge in [0.15, 0.2) is 0 Å². The number of ether oxygens (including phenoxy) is 1. The molecule has 2 amide bonds. The standard InChI is InChI=1S/C26H26N2O3/c29-24(27-19-20-9-3-1-4-10-20)22-13-7-8-14-23(22)28-25(30)26(15-17-31-18-16-26)21-11-5-2-6-12-21/h1-14H,15-19H2,(H,27,29)(H,28,30). The maximum absolute atomic E-state index is 13.5. The maximum atomic E-state index is 13.5.